The van der Waals surface area contributed by atoms with Crippen molar-refractivity contribution in [3.8, 4) is 0 Å². The van der Waals surface area contributed by atoms with Crippen molar-refractivity contribution in [2.45, 2.75) is 20.3 Å². The van der Waals surface area contributed by atoms with Crippen molar-refractivity contribution in [3.63, 3.8) is 0 Å². The molecule has 1 aromatic heterocycles. The number of aromatic nitrogens is 1. The van der Waals surface area contributed by atoms with Crippen LogP contribution in [0.5, 0.6) is 0 Å². The van der Waals surface area contributed by atoms with Gasteiger partial charge < -0.3 is 4.90 Å². The van der Waals surface area contributed by atoms with Crippen LogP contribution in [0.1, 0.15) is 16.1 Å². The predicted molar refractivity (Wildman–Crippen MR) is 97.6 cm³/mol. The minimum Gasteiger partial charge on any atom is -0.369 e. The summed E-state index contributed by atoms with van der Waals surface area (Å²) in [6, 6.07) is 8.70. The number of hydrogen-bond acceptors (Lipinski definition) is 4. The first-order chi connectivity index (χ1) is 10.2. The molecule has 0 aliphatic carbocycles. The number of thiazole rings is 1. The lowest BCUT2D eigenvalue weighted by atomic mass is 10.1. The highest BCUT2D eigenvalue weighted by atomic mass is 35.5. The molecule has 0 saturated carbocycles. The Morgan fingerprint density at radius 3 is 2.45 bits per heavy atom. The second-order valence-corrected chi connectivity index (χ2v) is 6.67. The maximum atomic E-state index is 4.33. The Morgan fingerprint density at radius 1 is 1.09 bits per heavy atom. The van der Waals surface area contributed by atoms with Crippen LogP contribution in [0.4, 0.5) is 5.69 Å². The zero-order chi connectivity index (χ0) is 14.7. The highest BCUT2D eigenvalue weighted by Gasteiger charge is 2.18. The summed E-state index contributed by atoms with van der Waals surface area (Å²) in [6.07, 6.45) is 1.14. The van der Waals surface area contributed by atoms with Crippen LogP contribution < -0.4 is 4.90 Å². The van der Waals surface area contributed by atoms with Crippen LogP contribution in [0.25, 0.3) is 0 Å². The van der Waals surface area contributed by atoms with E-state index in [0.29, 0.717) is 0 Å². The van der Waals surface area contributed by atoms with Crippen molar-refractivity contribution in [2.75, 3.05) is 37.6 Å². The molecule has 0 unspecified atom stereocenters. The molecule has 22 heavy (non-hydrogen) atoms. The summed E-state index contributed by atoms with van der Waals surface area (Å²) >= 11 is 1.79. The molecule has 1 fully saturated rings. The van der Waals surface area contributed by atoms with Gasteiger partial charge in [-0.2, -0.15) is 0 Å². The third kappa shape index (κ3) is 4.00. The van der Waals surface area contributed by atoms with Crippen molar-refractivity contribution in [1.82, 2.24) is 9.88 Å². The van der Waals surface area contributed by atoms with E-state index in [4.69, 9.17) is 0 Å². The van der Waals surface area contributed by atoms with E-state index in [9.17, 15) is 0 Å². The lowest BCUT2D eigenvalue weighted by molar-refractivity contribution is 0.261. The highest BCUT2D eigenvalue weighted by Crippen LogP contribution is 2.21. The Bertz CT molecular complexity index is 591. The summed E-state index contributed by atoms with van der Waals surface area (Å²) < 4.78 is 0. The van der Waals surface area contributed by atoms with Crippen LogP contribution in [-0.2, 0) is 6.42 Å². The van der Waals surface area contributed by atoms with Gasteiger partial charge in [0.2, 0.25) is 0 Å². The standard InChI is InChI=1S/C17H23N3S.ClH/c1-14-5-3-4-6-16(14)20-11-9-19(10-12-20)8-7-17-15(2)18-13-21-17;/h3-6,13H,7-12H2,1-2H3;1H. The van der Waals surface area contributed by atoms with Gasteiger partial charge >= 0.3 is 0 Å². The molecule has 0 spiro atoms. The first-order valence-corrected chi connectivity index (χ1v) is 8.54. The van der Waals surface area contributed by atoms with E-state index in [1.807, 2.05) is 5.51 Å². The lowest BCUT2D eigenvalue weighted by Crippen LogP contribution is -2.47. The smallest absolute Gasteiger partial charge is 0.0797 e. The molecule has 1 aliphatic heterocycles. The van der Waals surface area contributed by atoms with Gasteiger partial charge in [0, 0.05) is 43.3 Å². The summed E-state index contributed by atoms with van der Waals surface area (Å²) in [5.41, 5.74) is 5.95. The Kier molecular flexibility index (Phi) is 6.24. The van der Waals surface area contributed by atoms with Gasteiger partial charge in [-0.1, -0.05) is 18.2 Å². The molecular formula is C17H24ClN3S. The monoisotopic (exact) mass is 337 g/mol. The number of para-hydroxylation sites is 1. The minimum absolute atomic E-state index is 0. The Balaban J connectivity index is 0.00000176. The fourth-order valence-corrected chi connectivity index (χ4v) is 3.73. The third-order valence-corrected chi connectivity index (χ3v) is 5.32. The average molecular weight is 338 g/mol. The van der Waals surface area contributed by atoms with Crippen LogP contribution >= 0.6 is 23.7 Å². The summed E-state index contributed by atoms with van der Waals surface area (Å²) in [7, 11) is 0. The van der Waals surface area contributed by atoms with E-state index in [1.54, 1.807) is 11.3 Å². The molecule has 0 radical (unpaired) electrons. The fraction of sp³-hybridized carbons (Fsp3) is 0.471. The molecule has 5 heteroatoms. The zero-order valence-electron chi connectivity index (χ0n) is 13.3. The zero-order valence-corrected chi connectivity index (χ0v) is 14.9. The first kappa shape index (κ1) is 17.3. The van der Waals surface area contributed by atoms with E-state index in [0.717, 1.165) is 39.1 Å². The molecule has 1 saturated heterocycles. The van der Waals surface area contributed by atoms with Crippen molar-refractivity contribution >= 4 is 29.4 Å². The van der Waals surface area contributed by atoms with Gasteiger partial charge in [0.05, 0.1) is 11.2 Å². The van der Waals surface area contributed by atoms with Crippen LogP contribution in [0.2, 0.25) is 0 Å². The van der Waals surface area contributed by atoms with Crippen molar-refractivity contribution in [2.24, 2.45) is 0 Å². The van der Waals surface area contributed by atoms with E-state index < -0.39 is 0 Å². The van der Waals surface area contributed by atoms with E-state index in [2.05, 4.69) is 52.9 Å². The van der Waals surface area contributed by atoms with Crippen molar-refractivity contribution in [3.05, 3.63) is 45.9 Å². The molecule has 3 nitrogen and oxygen atoms in total. The Hall–Kier alpha value is -1.10. The number of anilines is 1. The molecule has 120 valence electrons. The predicted octanol–water partition coefficient (Wildman–Crippen LogP) is 3.55. The fourth-order valence-electron chi connectivity index (χ4n) is 2.96. The summed E-state index contributed by atoms with van der Waals surface area (Å²) in [4.78, 5) is 10.9. The van der Waals surface area contributed by atoms with E-state index in [-0.39, 0.29) is 12.4 Å². The number of hydrogen-bond donors (Lipinski definition) is 0. The summed E-state index contributed by atoms with van der Waals surface area (Å²) in [5.74, 6) is 0. The molecule has 0 N–H and O–H groups in total. The van der Waals surface area contributed by atoms with Gasteiger partial charge in [-0.15, -0.1) is 23.7 Å². The average Bonchev–Trinajstić information content (AvgIpc) is 2.92. The molecule has 1 aromatic carbocycles. The third-order valence-electron chi connectivity index (χ3n) is 4.33. The van der Waals surface area contributed by atoms with E-state index in [1.165, 1.54) is 21.8 Å². The Labute approximate surface area is 143 Å². The van der Waals surface area contributed by atoms with Gasteiger partial charge in [-0.25, -0.2) is 4.98 Å². The molecule has 3 rings (SSSR count). The number of aryl methyl sites for hydroxylation is 2. The molecule has 2 heterocycles. The second kappa shape index (κ2) is 7.95. The number of benzene rings is 1. The van der Waals surface area contributed by atoms with Gasteiger partial charge in [-0.3, -0.25) is 4.90 Å². The number of piperazine rings is 1. The van der Waals surface area contributed by atoms with Gasteiger partial charge in [0.1, 0.15) is 0 Å². The van der Waals surface area contributed by atoms with Crippen molar-refractivity contribution in [1.29, 1.82) is 0 Å². The van der Waals surface area contributed by atoms with Crippen LogP contribution in [0.3, 0.4) is 0 Å². The quantitative estimate of drug-likeness (QED) is 0.850. The van der Waals surface area contributed by atoms with Crippen molar-refractivity contribution < 1.29 is 0 Å². The number of rotatable bonds is 4. The second-order valence-electron chi connectivity index (χ2n) is 5.73. The maximum absolute atomic E-state index is 4.33. The molecule has 0 bridgehead atoms. The first-order valence-electron chi connectivity index (χ1n) is 7.66. The molecule has 0 atom stereocenters. The minimum atomic E-state index is 0. The summed E-state index contributed by atoms with van der Waals surface area (Å²) in [6.45, 7) is 10.1. The number of halogens is 1. The summed E-state index contributed by atoms with van der Waals surface area (Å²) in [5, 5.41) is 0. The molecule has 2 aromatic rings. The highest BCUT2D eigenvalue weighted by molar-refractivity contribution is 7.09. The maximum Gasteiger partial charge on any atom is 0.0797 e. The lowest BCUT2D eigenvalue weighted by Gasteiger charge is -2.36. The molecule has 0 amide bonds. The van der Waals surface area contributed by atoms with Gasteiger partial charge in [0.15, 0.2) is 0 Å². The SMILES string of the molecule is Cc1ccccc1N1CCN(CCc2scnc2C)CC1.Cl. The topological polar surface area (TPSA) is 19.4 Å². The number of nitrogens with zero attached hydrogens (tertiary/aromatic N) is 3. The normalized spacial score (nSPS) is 15.6. The van der Waals surface area contributed by atoms with Crippen LogP contribution in [-0.4, -0.2) is 42.6 Å². The van der Waals surface area contributed by atoms with E-state index >= 15 is 0 Å². The molecular weight excluding hydrogens is 314 g/mol. The van der Waals surface area contributed by atoms with Crippen LogP contribution in [0, 0.1) is 13.8 Å². The van der Waals surface area contributed by atoms with Crippen LogP contribution in [0.15, 0.2) is 29.8 Å². The molecule has 1 aliphatic rings. The van der Waals surface area contributed by atoms with Gasteiger partial charge in [0.25, 0.3) is 0 Å². The largest absolute Gasteiger partial charge is 0.369 e. The Morgan fingerprint density at radius 2 is 1.82 bits per heavy atom. The van der Waals surface area contributed by atoms with Gasteiger partial charge in [-0.05, 0) is 31.9 Å².